The number of rotatable bonds is 5. The summed E-state index contributed by atoms with van der Waals surface area (Å²) in [7, 11) is 0. The van der Waals surface area contributed by atoms with Gasteiger partial charge < -0.3 is 15.5 Å². The summed E-state index contributed by atoms with van der Waals surface area (Å²) in [4.78, 5) is 10.7. The van der Waals surface area contributed by atoms with Crippen LogP contribution in [-0.2, 0) is 0 Å². The second-order valence-electron chi connectivity index (χ2n) is 3.09. The first kappa shape index (κ1) is 13.4. The van der Waals surface area contributed by atoms with Gasteiger partial charge in [0.1, 0.15) is 11.6 Å². The van der Waals surface area contributed by atoms with Crippen LogP contribution in [0.15, 0.2) is 41.1 Å². The second-order valence-corrected chi connectivity index (χ2v) is 4.11. The molecule has 0 aliphatic heterocycles. The van der Waals surface area contributed by atoms with Crippen LogP contribution in [0.4, 0.5) is 9.18 Å². The number of nitrogens with one attached hydrogen (secondary N) is 1. The molecular formula is C11H12FNO3S. The van der Waals surface area contributed by atoms with Crippen molar-refractivity contribution >= 4 is 17.9 Å². The fourth-order valence-electron chi connectivity index (χ4n) is 1.03. The van der Waals surface area contributed by atoms with Gasteiger partial charge in [0.25, 0.3) is 0 Å². The van der Waals surface area contributed by atoms with Gasteiger partial charge in [-0.25, -0.2) is 9.18 Å². The van der Waals surface area contributed by atoms with E-state index in [1.54, 1.807) is 18.2 Å². The summed E-state index contributed by atoms with van der Waals surface area (Å²) in [5.74, 6) is -0.278. The number of benzene rings is 1. The molecule has 3 N–H and O–H groups in total. The molecule has 17 heavy (non-hydrogen) atoms. The lowest BCUT2D eigenvalue weighted by Crippen LogP contribution is -2.20. The van der Waals surface area contributed by atoms with E-state index in [4.69, 9.17) is 5.11 Å². The molecule has 0 fully saturated rings. The number of carbonyl (C=O) groups is 1. The highest BCUT2D eigenvalue weighted by atomic mass is 32.2. The van der Waals surface area contributed by atoms with Gasteiger partial charge in [0, 0.05) is 17.2 Å². The van der Waals surface area contributed by atoms with Gasteiger partial charge in [-0.3, -0.25) is 0 Å². The zero-order chi connectivity index (χ0) is 12.7. The topological polar surface area (TPSA) is 69.6 Å². The molecule has 0 aromatic heterocycles. The summed E-state index contributed by atoms with van der Waals surface area (Å²) in [6.07, 6.45) is -0.0383. The number of carboxylic acid groups (broad SMARTS) is 1. The van der Waals surface area contributed by atoms with Gasteiger partial charge in [-0.2, -0.15) is 0 Å². The molecule has 1 aromatic rings. The number of para-hydroxylation sites is 1. The number of thioether (sulfide) groups is 1. The average molecular weight is 257 g/mol. The van der Waals surface area contributed by atoms with E-state index in [2.05, 4.69) is 0 Å². The fraction of sp³-hybridized carbons (Fsp3) is 0.182. The first-order valence-corrected chi connectivity index (χ1v) is 5.80. The normalized spacial score (nSPS) is 11.2. The Labute approximate surface area is 102 Å². The van der Waals surface area contributed by atoms with Crippen LogP contribution in [0.1, 0.15) is 0 Å². The maximum absolute atomic E-state index is 13.2. The molecule has 0 unspecified atom stereocenters. The Hall–Kier alpha value is -1.69. The monoisotopic (exact) mass is 257 g/mol. The van der Waals surface area contributed by atoms with Crippen molar-refractivity contribution in [1.82, 2.24) is 5.32 Å². The SMILES string of the molecule is O=C(O)NCC=C(F)CSc1ccccc1O. The van der Waals surface area contributed by atoms with Gasteiger partial charge in [0.2, 0.25) is 0 Å². The Morgan fingerprint density at radius 1 is 1.47 bits per heavy atom. The molecule has 0 saturated carbocycles. The highest BCUT2D eigenvalue weighted by Crippen LogP contribution is 2.29. The van der Waals surface area contributed by atoms with Crippen molar-refractivity contribution in [1.29, 1.82) is 0 Å². The molecular weight excluding hydrogens is 245 g/mol. The number of amides is 1. The van der Waals surface area contributed by atoms with E-state index in [1.165, 1.54) is 6.07 Å². The average Bonchev–Trinajstić information content (AvgIpc) is 2.27. The molecule has 0 radical (unpaired) electrons. The Kier molecular flexibility index (Phi) is 5.35. The molecule has 92 valence electrons. The highest BCUT2D eigenvalue weighted by Gasteiger charge is 2.02. The zero-order valence-electron chi connectivity index (χ0n) is 8.89. The first-order chi connectivity index (χ1) is 8.09. The largest absolute Gasteiger partial charge is 0.507 e. The van der Waals surface area contributed by atoms with E-state index < -0.39 is 11.9 Å². The molecule has 0 aliphatic carbocycles. The van der Waals surface area contributed by atoms with Crippen LogP contribution in [0.5, 0.6) is 5.75 Å². The molecule has 6 heteroatoms. The number of hydrogen-bond acceptors (Lipinski definition) is 3. The molecule has 0 saturated heterocycles. The Morgan fingerprint density at radius 3 is 2.82 bits per heavy atom. The van der Waals surface area contributed by atoms with Crippen LogP contribution in [-0.4, -0.2) is 28.6 Å². The molecule has 0 aliphatic rings. The van der Waals surface area contributed by atoms with Crippen molar-refractivity contribution in [3.8, 4) is 5.75 Å². The number of halogens is 1. The second kappa shape index (κ2) is 6.80. The van der Waals surface area contributed by atoms with Crippen molar-refractivity contribution in [3.63, 3.8) is 0 Å². The third-order valence-electron chi connectivity index (χ3n) is 1.81. The third-order valence-corrected chi connectivity index (χ3v) is 2.88. The predicted molar refractivity (Wildman–Crippen MR) is 64.0 cm³/mol. The number of phenolic OH excluding ortho intramolecular Hbond substituents is 1. The Balaban J connectivity index is 2.40. The van der Waals surface area contributed by atoms with Gasteiger partial charge in [-0.1, -0.05) is 12.1 Å². The third kappa shape index (κ3) is 5.26. The minimum absolute atomic E-state index is 0.0544. The van der Waals surface area contributed by atoms with Gasteiger partial charge in [-0.05, 0) is 18.2 Å². The minimum atomic E-state index is -1.19. The lowest BCUT2D eigenvalue weighted by molar-refractivity contribution is 0.195. The Morgan fingerprint density at radius 2 is 2.18 bits per heavy atom. The minimum Gasteiger partial charge on any atom is -0.507 e. The summed E-state index contributed by atoms with van der Waals surface area (Å²) < 4.78 is 13.2. The predicted octanol–water partition coefficient (Wildman–Crippen LogP) is 2.61. The van der Waals surface area contributed by atoms with Crippen molar-refractivity contribution in [2.75, 3.05) is 12.3 Å². The van der Waals surface area contributed by atoms with Gasteiger partial charge in [0.15, 0.2) is 0 Å². The van der Waals surface area contributed by atoms with Gasteiger partial charge in [0.05, 0.1) is 0 Å². The highest BCUT2D eigenvalue weighted by molar-refractivity contribution is 7.99. The fourth-order valence-corrected chi connectivity index (χ4v) is 1.84. The van der Waals surface area contributed by atoms with E-state index in [0.29, 0.717) is 4.90 Å². The number of aromatic hydroxyl groups is 1. The summed E-state index contributed by atoms with van der Waals surface area (Å²) in [6, 6.07) is 6.64. The molecule has 0 spiro atoms. The molecule has 1 rings (SSSR count). The van der Waals surface area contributed by atoms with Crippen LogP contribution in [0.3, 0.4) is 0 Å². The zero-order valence-corrected chi connectivity index (χ0v) is 9.71. The van der Waals surface area contributed by atoms with Crippen LogP contribution < -0.4 is 5.32 Å². The van der Waals surface area contributed by atoms with Crippen LogP contribution in [0.2, 0.25) is 0 Å². The molecule has 4 nitrogen and oxygen atoms in total. The number of hydrogen-bond donors (Lipinski definition) is 3. The molecule has 1 aromatic carbocycles. The van der Waals surface area contributed by atoms with E-state index >= 15 is 0 Å². The molecule has 0 heterocycles. The van der Waals surface area contributed by atoms with E-state index in [1.807, 2.05) is 5.32 Å². The smallest absolute Gasteiger partial charge is 0.404 e. The standard InChI is InChI=1S/C11H12FNO3S/c12-8(5-6-13-11(15)16)7-17-10-4-2-1-3-9(10)14/h1-5,13-14H,6-7H2,(H,15,16). The molecule has 0 atom stereocenters. The van der Waals surface area contributed by atoms with E-state index in [0.717, 1.165) is 17.8 Å². The summed E-state index contributed by atoms with van der Waals surface area (Å²) in [6.45, 7) is -0.0670. The quantitative estimate of drug-likeness (QED) is 0.709. The van der Waals surface area contributed by atoms with Crippen LogP contribution in [0.25, 0.3) is 0 Å². The summed E-state index contributed by atoms with van der Waals surface area (Å²) >= 11 is 1.15. The first-order valence-electron chi connectivity index (χ1n) is 4.81. The van der Waals surface area contributed by atoms with E-state index in [-0.39, 0.29) is 18.0 Å². The van der Waals surface area contributed by atoms with Crippen molar-refractivity contribution < 1.29 is 19.4 Å². The lowest BCUT2D eigenvalue weighted by atomic mass is 10.3. The maximum atomic E-state index is 13.2. The molecule has 1 amide bonds. The van der Waals surface area contributed by atoms with E-state index in [9.17, 15) is 14.3 Å². The van der Waals surface area contributed by atoms with Crippen molar-refractivity contribution in [3.05, 3.63) is 36.2 Å². The van der Waals surface area contributed by atoms with Crippen LogP contribution >= 0.6 is 11.8 Å². The van der Waals surface area contributed by atoms with Crippen LogP contribution in [0, 0.1) is 0 Å². The maximum Gasteiger partial charge on any atom is 0.404 e. The molecule has 0 bridgehead atoms. The van der Waals surface area contributed by atoms with Crippen molar-refractivity contribution in [2.24, 2.45) is 0 Å². The summed E-state index contributed by atoms with van der Waals surface area (Å²) in [5, 5.41) is 19.7. The van der Waals surface area contributed by atoms with Gasteiger partial charge >= 0.3 is 6.09 Å². The lowest BCUT2D eigenvalue weighted by Gasteiger charge is -2.02. The Bertz CT molecular complexity index is 423. The van der Waals surface area contributed by atoms with Gasteiger partial charge in [-0.15, -0.1) is 11.8 Å². The summed E-state index contributed by atoms with van der Waals surface area (Å²) in [5.41, 5.74) is 0. The number of phenols is 1. The van der Waals surface area contributed by atoms with Crippen molar-refractivity contribution in [2.45, 2.75) is 4.90 Å².